The number of carbonyl (C=O) groups is 2. The van der Waals surface area contributed by atoms with E-state index < -0.39 is 18.1 Å². The van der Waals surface area contributed by atoms with Crippen molar-refractivity contribution in [2.75, 3.05) is 9.96 Å². The first-order valence-electron chi connectivity index (χ1n) is 10.8. The maximum Gasteiger partial charge on any atom is 0.266 e. The van der Waals surface area contributed by atoms with Gasteiger partial charge in [-0.1, -0.05) is 52.3 Å². The molecule has 2 amide bonds. The van der Waals surface area contributed by atoms with Gasteiger partial charge in [-0.15, -0.1) is 0 Å². The van der Waals surface area contributed by atoms with Gasteiger partial charge in [-0.2, -0.15) is 0 Å². The lowest BCUT2D eigenvalue weighted by atomic mass is 9.89. The number of benzene rings is 3. The fraction of sp³-hybridized carbons (Fsp3) is 0.154. The number of aromatic nitrogens is 1. The molecule has 0 bridgehead atoms. The molecule has 0 aliphatic carbocycles. The molecule has 2 aliphatic heterocycles. The molecule has 3 atom stereocenters. The Kier molecular flexibility index (Phi) is 4.64. The molecule has 33 heavy (non-hydrogen) atoms. The number of halogens is 1. The van der Waals surface area contributed by atoms with Crippen molar-refractivity contribution >= 4 is 50.0 Å². The number of carbonyl (C=O) groups excluding carboxylic acids is 2. The smallest absolute Gasteiger partial charge is 0.266 e. The minimum absolute atomic E-state index is 0.250. The Morgan fingerprint density at radius 3 is 2.30 bits per heavy atom. The van der Waals surface area contributed by atoms with Crippen LogP contribution >= 0.6 is 15.9 Å². The molecule has 164 valence electrons. The van der Waals surface area contributed by atoms with E-state index in [9.17, 15) is 9.59 Å². The summed E-state index contributed by atoms with van der Waals surface area (Å²) in [5, 5.41) is 2.76. The Bertz CT molecular complexity index is 1380. The van der Waals surface area contributed by atoms with Gasteiger partial charge in [0.2, 0.25) is 5.91 Å². The van der Waals surface area contributed by atoms with Crippen LogP contribution in [0.3, 0.4) is 0 Å². The van der Waals surface area contributed by atoms with Gasteiger partial charge >= 0.3 is 0 Å². The SMILES string of the molecule is Cc1[nH]c2ccccc2c1[C@@H]1[C@H]2C(=O)N(c3ccc(Br)cc3)C(=O)[C@@H]2ON1c1ccccc1. The number of imide groups is 1. The van der Waals surface area contributed by atoms with E-state index in [1.165, 1.54) is 4.90 Å². The number of H-pyrrole nitrogens is 1. The summed E-state index contributed by atoms with van der Waals surface area (Å²) in [5.41, 5.74) is 4.27. The lowest BCUT2D eigenvalue weighted by Crippen LogP contribution is -2.37. The van der Waals surface area contributed by atoms with E-state index in [1.54, 1.807) is 17.2 Å². The average Bonchev–Trinajstić information content (AvgIpc) is 3.44. The van der Waals surface area contributed by atoms with Crippen LogP contribution in [0.4, 0.5) is 11.4 Å². The second kappa shape index (κ2) is 7.57. The van der Waals surface area contributed by atoms with Crippen LogP contribution in [0.5, 0.6) is 0 Å². The number of nitrogens with one attached hydrogen (secondary N) is 1. The summed E-state index contributed by atoms with van der Waals surface area (Å²) in [4.78, 5) is 38.2. The zero-order valence-electron chi connectivity index (χ0n) is 17.7. The van der Waals surface area contributed by atoms with E-state index in [-0.39, 0.29) is 11.8 Å². The molecule has 3 heterocycles. The third-order valence-corrected chi connectivity index (χ3v) is 6.98. The number of para-hydroxylation sites is 2. The van der Waals surface area contributed by atoms with E-state index >= 15 is 0 Å². The molecule has 0 spiro atoms. The summed E-state index contributed by atoms with van der Waals surface area (Å²) in [6.45, 7) is 2.00. The Morgan fingerprint density at radius 1 is 0.848 bits per heavy atom. The van der Waals surface area contributed by atoms with Gasteiger partial charge in [0.05, 0.1) is 17.4 Å². The molecule has 2 saturated heterocycles. The number of amides is 2. The van der Waals surface area contributed by atoms with Gasteiger partial charge in [0, 0.05) is 26.6 Å². The lowest BCUT2D eigenvalue weighted by Gasteiger charge is -2.29. The van der Waals surface area contributed by atoms with E-state index in [4.69, 9.17) is 4.84 Å². The quantitative estimate of drug-likeness (QED) is 0.387. The van der Waals surface area contributed by atoms with Gasteiger partial charge in [0.1, 0.15) is 5.92 Å². The van der Waals surface area contributed by atoms with Gasteiger partial charge in [-0.05, 0) is 49.4 Å². The fourth-order valence-corrected chi connectivity index (χ4v) is 5.29. The minimum atomic E-state index is -0.889. The third-order valence-electron chi connectivity index (χ3n) is 6.45. The number of nitrogens with zero attached hydrogens (tertiary/aromatic N) is 2. The maximum atomic E-state index is 13.8. The molecule has 1 N–H and O–H groups in total. The fourth-order valence-electron chi connectivity index (χ4n) is 5.03. The van der Waals surface area contributed by atoms with Crippen LogP contribution in [0.25, 0.3) is 10.9 Å². The highest BCUT2D eigenvalue weighted by Crippen LogP contribution is 2.49. The summed E-state index contributed by atoms with van der Waals surface area (Å²) >= 11 is 3.41. The average molecular weight is 502 g/mol. The highest BCUT2D eigenvalue weighted by molar-refractivity contribution is 9.10. The number of aryl methyl sites for hydroxylation is 1. The van der Waals surface area contributed by atoms with Crippen LogP contribution in [0.15, 0.2) is 83.3 Å². The van der Waals surface area contributed by atoms with Crippen LogP contribution in [0, 0.1) is 12.8 Å². The molecular weight excluding hydrogens is 482 g/mol. The molecule has 6 rings (SSSR count). The van der Waals surface area contributed by atoms with Crippen molar-refractivity contribution in [3.63, 3.8) is 0 Å². The molecule has 2 fully saturated rings. The van der Waals surface area contributed by atoms with Crippen LogP contribution < -0.4 is 9.96 Å². The first-order valence-corrected chi connectivity index (χ1v) is 11.6. The van der Waals surface area contributed by atoms with Gasteiger partial charge in [0.15, 0.2) is 6.10 Å². The first-order chi connectivity index (χ1) is 16.0. The first kappa shape index (κ1) is 20.2. The number of anilines is 2. The highest BCUT2D eigenvalue weighted by atomic mass is 79.9. The van der Waals surface area contributed by atoms with Crippen molar-refractivity contribution in [1.82, 2.24) is 4.98 Å². The van der Waals surface area contributed by atoms with Crippen LogP contribution in [0.1, 0.15) is 17.3 Å². The molecule has 4 aromatic rings. The number of rotatable bonds is 3. The minimum Gasteiger partial charge on any atom is -0.358 e. The third kappa shape index (κ3) is 3.03. The zero-order chi connectivity index (χ0) is 22.7. The number of aromatic amines is 1. The van der Waals surface area contributed by atoms with Crippen molar-refractivity contribution in [3.05, 3.63) is 94.6 Å². The molecule has 6 nitrogen and oxygen atoms in total. The zero-order valence-corrected chi connectivity index (χ0v) is 19.3. The summed E-state index contributed by atoms with van der Waals surface area (Å²) < 4.78 is 0.879. The Balaban J connectivity index is 1.51. The molecule has 1 aromatic heterocycles. The van der Waals surface area contributed by atoms with E-state index in [2.05, 4.69) is 20.9 Å². The molecule has 2 aliphatic rings. The second-order valence-corrected chi connectivity index (χ2v) is 9.27. The summed E-state index contributed by atoms with van der Waals surface area (Å²) in [6.07, 6.45) is -0.889. The highest BCUT2D eigenvalue weighted by Gasteiger charge is 2.60. The number of fused-ring (bicyclic) bond motifs is 2. The molecule has 0 unspecified atom stereocenters. The van der Waals surface area contributed by atoms with Crippen LogP contribution in [-0.2, 0) is 14.4 Å². The van der Waals surface area contributed by atoms with Crippen molar-refractivity contribution in [2.24, 2.45) is 5.92 Å². The summed E-state index contributed by atoms with van der Waals surface area (Å²) in [5.74, 6) is -1.26. The van der Waals surface area contributed by atoms with Crippen molar-refractivity contribution < 1.29 is 14.4 Å². The Hall–Kier alpha value is -3.42. The van der Waals surface area contributed by atoms with Crippen LogP contribution in [-0.4, -0.2) is 22.9 Å². The Labute approximate surface area is 198 Å². The monoisotopic (exact) mass is 501 g/mol. The van der Waals surface area contributed by atoms with E-state index in [1.807, 2.05) is 73.7 Å². The standard InChI is InChI=1S/C26H20BrN3O3/c1-15-21(19-9-5-6-10-20(19)28-15)23-22-24(33-30(23)18-7-3-2-4-8-18)26(32)29(25(22)31)17-13-11-16(27)12-14-17/h2-14,22-24,28H,1H3/t22-,23-,24-/m1/s1. The number of hydrogen-bond donors (Lipinski definition) is 1. The molecular formula is C26H20BrN3O3. The van der Waals surface area contributed by atoms with Crippen molar-refractivity contribution in [1.29, 1.82) is 0 Å². The number of hydroxylamine groups is 1. The van der Waals surface area contributed by atoms with Crippen LogP contribution in [0.2, 0.25) is 0 Å². The number of hydrogen-bond acceptors (Lipinski definition) is 4. The molecule has 7 heteroatoms. The lowest BCUT2D eigenvalue weighted by molar-refractivity contribution is -0.126. The summed E-state index contributed by atoms with van der Waals surface area (Å²) in [7, 11) is 0. The van der Waals surface area contributed by atoms with Crippen molar-refractivity contribution in [3.8, 4) is 0 Å². The molecule has 3 aromatic carbocycles. The largest absolute Gasteiger partial charge is 0.358 e. The van der Waals surface area contributed by atoms with Gasteiger partial charge in [-0.3, -0.25) is 14.4 Å². The van der Waals surface area contributed by atoms with Gasteiger partial charge < -0.3 is 4.98 Å². The van der Waals surface area contributed by atoms with E-state index in [0.29, 0.717) is 5.69 Å². The molecule has 0 radical (unpaired) electrons. The topological polar surface area (TPSA) is 65.6 Å². The summed E-state index contributed by atoms with van der Waals surface area (Å²) in [6, 6.07) is 24.4. The predicted molar refractivity (Wildman–Crippen MR) is 130 cm³/mol. The van der Waals surface area contributed by atoms with Gasteiger partial charge in [0.25, 0.3) is 5.91 Å². The van der Waals surface area contributed by atoms with Gasteiger partial charge in [-0.25, -0.2) is 9.96 Å². The predicted octanol–water partition coefficient (Wildman–Crippen LogP) is 5.29. The van der Waals surface area contributed by atoms with E-state index in [0.717, 1.165) is 32.3 Å². The van der Waals surface area contributed by atoms with Crippen molar-refractivity contribution in [2.45, 2.75) is 19.1 Å². The Morgan fingerprint density at radius 2 is 1.55 bits per heavy atom. The maximum absolute atomic E-state index is 13.8. The second-order valence-electron chi connectivity index (χ2n) is 8.36. The normalized spacial score (nSPS) is 22.4. The molecule has 0 saturated carbocycles.